The Hall–Kier alpha value is -1.40. The summed E-state index contributed by atoms with van der Waals surface area (Å²) in [7, 11) is -3.09. The molecule has 0 radical (unpaired) electrons. The second-order valence-corrected chi connectivity index (χ2v) is 8.97. The molecule has 1 aromatic carbocycles. The molecule has 126 valence electrons. The zero-order chi connectivity index (χ0) is 16.6. The summed E-state index contributed by atoms with van der Waals surface area (Å²) in [5.74, 6) is 0.307. The Labute approximate surface area is 137 Å². The molecule has 6 heteroatoms. The smallest absolute Gasteiger partial charge is 0.254 e. The Morgan fingerprint density at radius 3 is 2.78 bits per heavy atom. The molecule has 0 saturated carbocycles. The molecule has 1 amide bonds. The molecule has 0 aliphatic carbocycles. The van der Waals surface area contributed by atoms with Crippen LogP contribution in [-0.2, 0) is 14.6 Å². The Morgan fingerprint density at radius 2 is 2.09 bits per heavy atom. The lowest BCUT2D eigenvalue weighted by molar-refractivity contribution is 0.0693. The molecule has 2 fully saturated rings. The van der Waals surface area contributed by atoms with E-state index in [0.717, 1.165) is 18.6 Å². The summed E-state index contributed by atoms with van der Waals surface area (Å²) in [5.41, 5.74) is 1.76. The van der Waals surface area contributed by atoms with Gasteiger partial charge in [0.15, 0.2) is 9.84 Å². The third-order valence-corrected chi connectivity index (χ3v) is 7.43. The highest BCUT2D eigenvalue weighted by Crippen LogP contribution is 2.27. The highest BCUT2D eigenvalue weighted by atomic mass is 32.2. The van der Waals surface area contributed by atoms with Gasteiger partial charge in [0, 0.05) is 30.7 Å². The van der Waals surface area contributed by atoms with Crippen LogP contribution in [0.3, 0.4) is 0 Å². The third-order valence-electron chi connectivity index (χ3n) is 5.15. The molecule has 3 rings (SSSR count). The van der Waals surface area contributed by atoms with Crippen molar-refractivity contribution in [3.63, 3.8) is 0 Å². The Bertz CT molecular complexity index is 694. The van der Waals surface area contributed by atoms with Crippen LogP contribution in [0.25, 0.3) is 0 Å². The number of ether oxygens (including phenoxy) is 1. The van der Waals surface area contributed by atoms with Crippen molar-refractivity contribution < 1.29 is 17.9 Å². The third kappa shape index (κ3) is 3.15. The predicted molar refractivity (Wildman–Crippen MR) is 88.4 cm³/mol. The van der Waals surface area contributed by atoms with Crippen molar-refractivity contribution in [1.29, 1.82) is 0 Å². The molecule has 2 aliphatic rings. The molecule has 2 saturated heterocycles. The molecular formula is C17H23NO4S. The van der Waals surface area contributed by atoms with Gasteiger partial charge in [-0.2, -0.15) is 0 Å². The molecular weight excluding hydrogens is 314 g/mol. The van der Waals surface area contributed by atoms with Crippen molar-refractivity contribution in [2.45, 2.75) is 37.5 Å². The topological polar surface area (TPSA) is 63.7 Å². The first-order valence-electron chi connectivity index (χ1n) is 8.10. The highest BCUT2D eigenvalue weighted by molar-refractivity contribution is 7.92. The molecule has 2 aliphatic heterocycles. The standard InChI is InChI=1S/C17H23NO4S/c1-12-13(2)23(20,21)9-7-18(12)17(19)15-5-3-4-14(10-15)16-6-8-22-11-16/h3-5,10,12-13,16H,6-9,11H2,1-2H3. The fourth-order valence-corrected chi connectivity index (χ4v) is 4.91. The first-order chi connectivity index (χ1) is 10.9. The maximum atomic E-state index is 12.8. The summed E-state index contributed by atoms with van der Waals surface area (Å²) in [5, 5.41) is -0.522. The largest absolute Gasteiger partial charge is 0.381 e. The summed E-state index contributed by atoms with van der Waals surface area (Å²) in [6.07, 6.45) is 0.979. The number of nitrogens with zero attached hydrogens (tertiary/aromatic N) is 1. The van der Waals surface area contributed by atoms with Gasteiger partial charge >= 0.3 is 0 Å². The van der Waals surface area contributed by atoms with Gasteiger partial charge in [-0.1, -0.05) is 12.1 Å². The Morgan fingerprint density at radius 1 is 1.30 bits per heavy atom. The van der Waals surface area contributed by atoms with E-state index < -0.39 is 15.1 Å². The minimum Gasteiger partial charge on any atom is -0.381 e. The summed E-state index contributed by atoms with van der Waals surface area (Å²) >= 11 is 0. The number of benzene rings is 1. The number of sulfone groups is 1. The highest BCUT2D eigenvalue weighted by Gasteiger charge is 2.38. The van der Waals surface area contributed by atoms with Crippen molar-refractivity contribution in [3.8, 4) is 0 Å². The second-order valence-electron chi connectivity index (χ2n) is 6.50. The molecule has 1 aromatic rings. The number of hydrogen-bond donors (Lipinski definition) is 0. The zero-order valence-electron chi connectivity index (χ0n) is 13.6. The zero-order valence-corrected chi connectivity index (χ0v) is 14.4. The predicted octanol–water partition coefficient (Wildman–Crippen LogP) is 1.84. The van der Waals surface area contributed by atoms with Crippen LogP contribution >= 0.6 is 0 Å². The van der Waals surface area contributed by atoms with E-state index >= 15 is 0 Å². The van der Waals surface area contributed by atoms with Gasteiger partial charge in [0.05, 0.1) is 17.6 Å². The minimum atomic E-state index is -3.09. The van der Waals surface area contributed by atoms with E-state index in [1.54, 1.807) is 11.8 Å². The van der Waals surface area contributed by atoms with Gasteiger partial charge in [0.25, 0.3) is 5.91 Å². The molecule has 2 heterocycles. The van der Waals surface area contributed by atoms with Crippen LogP contribution in [-0.4, -0.2) is 56.0 Å². The van der Waals surface area contributed by atoms with Gasteiger partial charge in [-0.15, -0.1) is 0 Å². The van der Waals surface area contributed by atoms with E-state index in [1.165, 1.54) is 0 Å². The van der Waals surface area contributed by atoms with Crippen LogP contribution in [0.2, 0.25) is 0 Å². The number of rotatable bonds is 2. The normalized spacial score (nSPS) is 30.3. The van der Waals surface area contributed by atoms with Crippen molar-refractivity contribution in [3.05, 3.63) is 35.4 Å². The second kappa shape index (κ2) is 6.24. The van der Waals surface area contributed by atoms with Gasteiger partial charge in [0.2, 0.25) is 0 Å². The first-order valence-corrected chi connectivity index (χ1v) is 9.82. The van der Waals surface area contributed by atoms with Crippen LogP contribution < -0.4 is 0 Å². The molecule has 3 atom stereocenters. The molecule has 23 heavy (non-hydrogen) atoms. The molecule has 0 spiro atoms. The number of carbonyl (C=O) groups is 1. The van der Waals surface area contributed by atoms with Gasteiger partial charge in [0.1, 0.15) is 0 Å². The fraction of sp³-hybridized carbons (Fsp3) is 0.588. The SMILES string of the molecule is CC1C(C)S(=O)(=O)CCN1C(=O)c1cccc(C2CCOC2)c1. The first kappa shape index (κ1) is 16.5. The van der Waals surface area contributed by atoms with Crippen molar-refractivity contribution >= 4 is 15.7 Å². The van der Waals surface area contributed by atoms with Gasteiger partial charge in [-0.05, 0) is 38.0 Å². The van der Waals surface area contributed by atoms with Crippen molar-refractivity contribution in [1.82, 2.24) is 4.90 Å². The maximum absolute atomic E-state index is 12.8. The fourth-order valence-electron chi connectivity index (χ4n) is 3.34. The van der Waals surface area contributed by atoms with Crippen LogP contribution in [0.1, 0.15) is 42.1 Å². The van der Waals surface area contributed by atoms with Crippen molar-refractivity contribution in [2.24, 2.45) is 0 Å². The Kier molecular flexibility index (Phi) is 4.47. The van der Waals surface area contributed by atoms with Crippen LogP contribution in [0.4, 0.5) is 0 Å². The maximum Gasteiger partial charge on any atom is 0.254 e. The van der Waals surface area contributed by atoms with E-state index in [2.05, 4.69) is 0 Å². The summed E-state index contributed by atoms with van der Waals surface area (Å²) in [6.45, 7) is 5.23. The van der Waals surface area contributed by atoms with Gasteiger partial charge < -0.3 is 9.64 Å². The van der Waals surface area contributed by atoms with Gasteiger partial charge in [-0.25, -0.2) is 8.42 Å². The van der Waals surface area contributed by atoms with E-state index in [0.29, 0.717) is 18.1 Å². The molecule has 0 bridgehead atoms. The quantitative estimate of drug-likeness (QED) is 0.826. The van der Waals surface area contributed by atoms with Gasteiger partial charge in [-0.3, -0.25) is 4.79 Å². The van der Waals surface area contributed by atoms with Crippen LogP contribution in [0.5, 0.6) is 0 Å². The Balaban J connectivity index is 1.82. The average Bonchev–Trinajstić information content (AvgIpc) is 3.07. The minimum absolute atomic E-state index is 0.0421. The summed E-state index contributed by atoms with van der Waals surface area (Å²) in [6, 6.07) is 7.36. The molecule has 0 aromatic heterocycles. The van der Waals surface area contributed by atoms with E-state index in [9.17, 15) is 13.2 Å². The summed E-state index contributed by atoms with van der Waals surface area (Å²) in [4.78, 5) is 14.5. The molecule has 5 nitrogen and oxygen atoms in total. The monoisotopic (exact) mass is 337 g/mol. The number of amides is 1. The molecule has 0 N–H and O–H groups in total. The van der Waals surface area contributed by atoms with Crippen LogP contribution in [0, 0.1) is 0 Å². The molecule has 3 unspecified atom stereocenters. The lowest BCUT2D eigenvalue weighted by atomic mass is 9.96. The van der Waals surface area contributed by atoms with E-state index in [1.807, 2.05) is 31.2 Å². The van der Waals surface area contributed by atoms with Crippen molar-refractivity contribution in [2.75, 3.05) is 25.5 Å². The number of hydrogen-bond acceptors (Lipinski definition) is 4. The van der Waals surface area contributed by atoms with E-state index in [-0.39, 0.29) is 24.2 Å². The van der Waals surface area contributed by atoms with E-state index in [4.69, 9.17) is 4.74 Å². The number of carbonyl (C=O) groups excluding carboxylic acids is 1. The summed E-state index contributed by atoms with van der Waals surface area (Å²) < 4.78 is 29.4. The average molecular weight is 337 g/mol. The lowest BCUT2D eigenvalue weighted by Gasteiger charge is -2.37. The van der Waals surface area contributed by atoms with Crippen LogP contribution in [0.15, 0.2) is 24.3 Å². The lowest BCUT2D eigenvalue weighted by Crippen LogP contribution is -2.54.